The zero-order valence-electron chi connectivity index (χ0n) is 6.83. The van der Waals surface area contributed by atoms with E-state index in [1.54, 1.807) is 14.2 Å². The number of allylic oxidation sites excluding steroid dienone is 2. The molecule has 0 aromatic carbocycles. The van der Waals surface area contributed by atoms with E-state index < -0.39 is 0 Å². The number of ether oxygens (including phenoxy) is 2. The number of methoxy groups -OCH3 is 2. The molecule has 0 aromatic heterocycles. The Labute approximate surface area is 66.5 Å². The SMILES string of the molecule is COC1(OC)CC12C=CC=C2. The van der Waals surface area contributed by atoms with Crippen LogP contribution in [0.3, 0.4) is 0 Å². The summed E-state index contributed by atoms with van der Waals surface area (Å²) in [5.41, 5.74) is 0.0521. The van der Waals surface area contributed by atoms with Gasteiger partial charge in [0, 0.05) is 20.6 Å². The van der Waals surface area contributed by atoms with Crippen molar-refractivity contribution in [2.45, 2.75) is 12.2 Å². The Morgan fingerprint density at radius 3 is 2.00 bits per heavy atom. The van der Waals surface area contributed by atoms with Crippen molar-refractivity contribution in [1.82, 2.24) is 0 Å². The molecule has 1 spiro atoms. The van der Waals surface area contributed by atoms with Crippen molar-refractivity contribution in [3.63, 3.8) is 0 Å². The van der Waals surface area contributed by atoms with Crippen LogP contribution in [0.5, 0.6) is 0 Å². The molecule has 2 aliphatic rings. The Morgan fingerprint density at radius 2 is 1.64 bits per heavy atom. The van der Waals surface area contributed by atoms with E-state index in [0.29, 0.717) is 0 Å². The van der Waals surface area contributed by atoms with E-state index in [-0.39, 0.29) is 11.2 Å². The van der Waals surface area contributed by atoms with Crippen molar-refractivity contribution in [2.75, 3.05) is 14.2 Å². The van der Waals surface area contributed by atoms with Gasteiger partial charge in [0.25, 0.3) is 0 Å². The molecule has 1 saturated carbocycles. The molecule has 0 unspecified atom stereocenters. The molecule has 0 radical (unpaired) electrons. The van der Waals surface area contributed by atoms with E-state index >= 15 is 0 Å². The molecule has 1 fully saturated rings. The van der Waals surface area contributed by atoms with Gasteiger partial charge in [-0.3, -0.25) is 0 Å². The Kier molecular flexibility index (Phi) is 1.26. The van der Waals surface area contributed by atoms with E-state index in [2.05, 4.69) is 12.2 Å². The first kappa shape index (κ1) is 7.07. The normalized spacial score (nSPS) is 28.2. The molecule has 0 saturated heterocycles. The van der Waals surface area contributed by atoms with Crippen LogP contribution in [0.2, 0.25) is 0 Å². The van der Waals surface area contributed by atoms with E-state index in [1.807, 2.05) is 12.2 Å². The molecule has 2 rings (SSSR count). The zero-order chi connectivity index (χ0) is 7.95. The van der Waals surface area contributed by atoms with Crippen LogP contribution in [0.4, 0.5) is 0 Å². The standard InChI is InChI=1S/C9H12O2/c1-10-9(11-2)7-8(9)5-3-4-6-8/h3-6H,7H2,1-2H3. The fourth-order valence-electron chi connectivity index (χ4n) is 1.83. The van der Waals surface area contributed by atoms with Gasteiger partial charge in [0.05, 0.1) is 5.41 Å². The summed E-state index contributed by atoms with van der Waals surface area (Å²) in [6.45, 7) is 0. The van der Waals surface area contributed by atoms with Crippen molar-refractivity contribution in [1.29, 1.82) is 0 Å². The fourth-order valence-corrected chi connectivity index (χ4v) is 1.83. The summed E-state index contributed by atoms with van der Waals surface area (Å²) in [6, 6.07) is 0. The summed E-state index contributed by atoms with van der Waals surface area (Å²) in [6.07, 6.45) is 9.31. The van der Waals surface area contributed by atoms with Crippen molar-refractivity contribution >= 4 is 0 Å². The van der Waals surface area contributed by atoms with Gasteiger partial charge >= 0.3 is 0 Å². The summed E-state index contributed by atoms with van der Waals surface area (Å²) < 4.78 is 10.6. The lowest BCUT2D eigenvalue weighted by Crippen LogP contribution is -2.21. The maximum Gasteiger partial charge on any atom is 0.181 e. The monoisotopic (exact) mass is 152 g/mol. The zero-order valence-corrected chi connectivity index (χ0v) is 6.83. The highest BCUT2D eigenvalue weighted by Crippen LogP contribution is 2.62. The Hall–Kier alpha value is -0.600. The van der Waals surface area contributed by atoms with Gasteiger partial charge in [-0.25, -0.2) is 0 Å². The van der Waals surface area contributed by atoms with Crippen LogP contribution in [0, 0.1) is 5.41 Å². The highest BCUT2D eigenvalue weighted by molar-refractivity contribution is 5.38. The molecule has 0 heterocycles. The summed E-state index contributed by atoms with van der Waals surface area (Å²) in [7, 11) is 3.39. The van der Waals surface area contributed by atoms with Crippen LogP contribution in [0.25, 0.3) is 0 Å². The maximum atomic E-state index is 5.31. The largest absolute Gasteiger partial charge is 0.352 e. The number of hydrogen-bond donors (Lipinski definition) is 0. The number of hydrogen-bond acceptors (Lipinski definition) is 2. The van der Waals surface area contributed by atoms with Gasteiger partial charge in [0.15, 0.2) is 5.79 Å². The molecular weight excluding hydrogens is 140 g/mol. The minimum Gasteiger partial charge on any atom is -0.352 e. The lowest BCUT2D eigenvalue weighted by molar-refractivity contribution is -0.144. The van der Waals surface area contributed by atoms with E-state index in [4.69, 9.17) is 9.47 Å². The summed E-state index contributed by atoms with van der Waals surface area (Å²) >= 11 is 0. The Morgan fingerprint density at radius 1 is 1.09 bits per heavy atom. The molecule has 0 atom stereocenters. The van der Waals surface area contributed by atoms with Gasteiger partial charge in [0.2, 0.25) is 0 Å². The lowest BCUT2D eigenvalue weighted by atomic mass is 10.1. The van der Waals surface area contributed by atoms with Crippen molar-refractivity contribution in [3.05, 3.63) is 24.3 Å². The van der Waals surface area contributed by atoms with Crippen LogP contribution in [0.1, 0.15) is 6.42 Å². The van der Waals surface area contributed by atoms with Crippen molar-refractivity contribution in [2.24, 2.45) is 5.41 Å². The molecule has 0 aliphatic heterocycles. The van der Waals surface area contributed by atoms with Gasteiger partial charge in [-0.1, -0.05) is 24.3 Å². The van der Waals surface area contributed by atoms with Crippen molar-refractivity contribution in [3.8, 4) is 0 Å². The lowest BCUT2D eigenvalue weighted by Gasteiger charge is -2.16. The van der Waals surface area contributed by atoms with E-state index in [9.17, 15) is 0 Å². The Balaban J connectivity index is 2.23. The first-order valence-corrected chi connectivity index (χ1v) is 3.76. The van der Waals surface area contributed by atoms with E-state index in [0.717, 1.165) is 6.42 Å². The molecule has 60 valence electrons. The predicted molar refractivity (Wildman–Crippen MR) is 42.1 cm³/mol. The van der Waals surface area contributed by atoms with Crippen LogP contribution < -0.4 is 0 Å². The average molecular weight is 152 g/mol. The fraction of sp³-hybridized carbons (Fsp3) is 0.556. The van der Waals surface area contributed by atoms with Crippen molar-refractivity contribution < 1.29 is 9.47 Å². The smallest absolute Gasteiger partial charge is 0.181 e. The van der Waals surface area contributed by atoms with Gasteiger partial charge in [-0.05, 0) is 0 Å². The van der Waals surface area contributed by atoms with Gasteiger partial charge in [-0.15, -0.1) is 0 Å². The average Bonchev–Trinajstić information content (AvgIpc) is 2.37. The summed E-state index contributed by atoms with van der Waals surface area (Å²) in [5, 5.41) is 0. The summed E-state index contributed by atoms with van der Waals surface area (Å²) in [5.74, 6) is -0.365. The van der Waals surface area contributed by atoms with Gasteiger partial charge in [-0.2, -0.15) is 0 Å². The van der Waals surface area contributed by atoms with Gasteiger partial charge in [0.1, 0.15) is 0 Å². The third kappa shape index (κ3) is 0.686. The quantitative estimate of drug-likeness (QED) is 0.558. The van der Waals surface area contributed by atoms with Gasteiger partial charge < -0.3 is 9.47 Å². The molecule has 2 aliphatic carbocycles. The third-order valence-corrected chi connectivity index (χ3v) is 2.67. The molecule has 0 N–H and O–H groups in total. The minimum atomic E-state index is -0.365. The second-order valence-electron chi connectivity index (χ2n) is 3.10. The molecule has 2 nitrogen and oxygen atoms in total. The molecule has 0 amide bonds. The first-order chi connectivity index (χ1) is 5.29. The van der Waals surface area contributed by atoms with Crippen LogP contribution >= 0.6 is 0 Å². The second-order valence-corrected chi connectivity index (χ2v) is 3.10. The second kappa shape index (κ2) is 1.96. The number of rotatable bonds is 2. The third-order valence-electron chi connectivity index (χ3n) is 2.67. The molecule has 0 bridgehead atoms. The Bertz CT molecular complexity index is 212. The summed E-state index contributed by atoms with van der Waals surface area (Å²) in [4.78, 5) is 0. The van der Waals surface area contributed by atoms with Crippen LogP contribution in [-0.2, 0) is 9.47 Å². The van der Waals surface area contributed by atoms with E-state index in [1.165, 1.54) is 0 Å². The topological polar surface area (TPSA) is 18.5 Å². The highest BCUT2D eigenvalue weighted by Gasteiger charge is 2.67. The molecular formula is C9H12O2. The predicted octanol–water partition coefficient (Wildman–Crippen LogP) is 1.49. The molecule has 2 heteroatoms. The molecule has 0 aromatic rings. The highest BCUT2D eigenvalue weighted by atomic mass is 16.7. The minimum absolute atomic E-state index is 0.0521. The van der Waals surface area contributed by atoms with Crippen LogP contribution in [0.15, 0.2) is 24.3 Å². The maximum absolute atomic E-state index is 5.31. The van der Waals surface area contributed by atoms with Crippen LogP contribution in [-0.4, -0.2) is 20.0 Å². The first-order valence-electron chi connectivity index (χ1n) is 3.76. The molecule has 11 heavy (non-hydrogen) atoms.